The highest BCUT2D eigenvalue weighted by molar-refractivity contribution is 7.89. The van der Waals surface area contributed by atoms with Gasteiger partial charge in [0.2, 0.25) is 10.0 Å². The number of hydrogen-bond acceptors (Lipinski definition) is 3. The SMILES string of the molecule is Nc1ccc(S(=O)(=O)N2CC2)cc1. The zero-order valence-corrected chi connectivity index (χ0v) is 7.79. The van der Waals surface area contributed by atoms with Crippen molar-refractivity contribution in [3.8, 4) is 0 Å². The van der Waals surface area contributed by atoms with Crippen LogP contribution in [0.4, 0.5) is 5.69 Å². The fraction of sp³-hybridized carbons (Fsp3) is 0.250. The van der Waals surface area contributed by atoms with Crippen LogP contribution in [0.25, 0.3) is 0 Å². The van der Waals surface area contributed by atoms with Crippen molar-refractivity contribution in [3.63, 3.8) is 0 Å². The molecule has 0 unspecified atom stereocenters. The second kappa shape index (κ2) is 2.71. The Bertz CT molecular complexity index is 406. The Hall–Kier alpha value is -1.07. The third-order valence-corrected chi connectivity index (χ3v) is 3.84. The maximum atomic E-state index is 11.6. The van der Waals surface area contributed by atoms with Gasteiger partial charge in [0.05, 0.1) is 4.90 Å². The quantitative estimate of drug-likeness (QED) is 0.548. The summed E-state index contributed by atoms with van der Waals surface area (Å²) in [7, 11) is -3.20. The van der Waals surface area contributed by atoms with Gasteiger partial charge in [0, 0.05) is 18.8 Å². The van der Waals surface area contributed by atoms with Crippen molar-refractivity contribution < 1.29 is 8.42 Å². The van der Waals surface area contributed by atoms with Crippen LogP contribution in [0.2, 0.25) is 0 Å². The summed E-state index contributed by atoms with van der Waals surface area (Å²) < 4.78 is 24.6. The van der Waals surface area contributed by atoms with Gasteiger partial charge in [-0.1, -0.05) is 0 Å². The molecule has 4 nitrogen and oxygen atoms in total. The van der Waals surface area contributed by atoms with Crippen LogP contribution in [0, 0.1) is 0 Å². The lowest BCUT2D eigenvalue weighted by atomic mass is 10.3. The Morgan fingerprint density at radius 1 is 1.15 bits per heavy atom. The topological polar surface area (TPSA) is 63.2 Å². The summed E-state index contributed by atoms with van der Waals surface area (Å²) in [5, 5.41) is 0. The van der Waals surface area contributed by atoms with E-state index in [0.717, 1.165) is 0 Å². The number of nitrogen functional groups attached to an aromatic ring is 1. The lowest BCUT2D eigenvalue weighted by Crippen LogP contribution is -2.11. The first-order valence-electron chi connectivity index (χ1n) is 3.96. The van der Waals surface area contributed by atoms with E-state index in [1.165, 1.54) is 16.4 Å². The Morgan fingerprint density at radius 2 is 1.69 bits per heavy atom. The van der Waals surface area contributed by atoms with Gasteiger partial charge in [-0.25, -0.2) is 8.42 Å². The van der Waals surface area contributed by atoms with Crippen LogP contribution < -0.4 is 5.73 Å². The zero-order chi connectivity index (χ0) is 9.47. The maximum Gasteiger partial charge on any atom is 0.243 e. The molecule has 2 rings (SSSR count). The molecular weight excluding hydrogens is 188 g/mol. The summed E-state index contributed by atoms with van der Waals surface area (Å²) in [6.07, 6.45) is 0. The lowest BCUT2D eigenvalue weighted by Gasteiger charge is -2.03. The van der Waals surface area contributed by atoms with E-state index in [0.29, 0.717) is 23.7 Å². The number of nitrogens with zero attached hydrogens (tertiary/aromatic N) is 1. The highest BCUT2D eigenvalue weighted by Gasteiger charge is 2.32. The molecule has 0 atom stereocenters. The molecule has 1 aromatic carbocycles. The summed E-state index contributed by atoms with van der Waals surface area (Å²) in [5.41, 5.74) is 6.03. The Balaban J connectivity index is 2.40. The minimum atomic E-state index is -3.20. The summed E-state index contributed by atoms with van der Waals surface area (Å²) in [6.45, 7) is 1.26. The number of sulfonamides is 1. The standard InChI is InChI=1S/C8H10N2O2S/c9-7-1-3-8(4-2-7)13(11,12)10-5-6-10/h1-4H,5-6,9H2. The van der Waals surface area contributed by atoms with E-state index in [-0.39, 0.29) is 0 Å². The van der Waals surface area contributed by atoms with Crippen molar-refractivity contribution in [1.29, 1.82) is 0 Å². The molecule has 0 saturated carbocycles. The number of hydrogen-bond donors (Lipinski definition) is 1. The molecule has 1 aliphatic rings. The van der Waals surface area contributed by atoms with Gasteiger partial charge in [0.15, 0.2) is 0 Å². The van der Waals surface area contributed by atoms with Gasteiger partial charge >= 0.3 is 0 Å². The molecule has 5 heteroatoms. The second-order valence-corrected chi connectivity index (χ2v) is 4.91. The van der Waals surface area contributed by atoms with Crippen LogP contribution in [0.15, 0.2) is 29.2 Å². The molecular formula is C8H10N2O2S. The molecule has 1 saturated heterocycles. The molecule has 1 fully saturated rings. The van der Waals surface area contributed by atoms with Crippen molar-refractivity contribution in [2.24, 2.45) is 0 Å². The van der Waals surface area contributed by atoms with E-state index in [9.17, 15) is 8.42 Å². The van der Waals surface area contributed by atoms with Crippen LogP contribution in [0.3, 0.4) is 0 Å². The highest BCUT2D eigenvalue weighted by atomic mass is 32.2. The van der Waals surface area contributed by atoms with Gasteiger partial charge in [0.1, 0.15) is 0 Å². The van der Waals surface area contributed by atoms with Gasteiger partial charge in [-0.2, -0.15) is 4.31 Å². The van der Waals surface area contributed by atoms with E-state index in [1.807, 2.05) is 0 Å². The Kier molecular flexibility index (Phi) is 1.78. The molecule has 13 heavy (non-hydrogen) atoms. The van der Waals surface area contributed by atoms with E-state index >= 15 is 0 Å². The maximum absolute atomic E-state index is 11.6. The van der Waals surface area contributed by atoms with Crippen LogP contribution in [0.1, 0.15) is 0 Å². The first-order valence-corrected chi connectivity index (χ1v) is 5.40. The number of anilines is 1. The fourth-order valence-corrected chi connectivity index (χ4v) is 2.41. The number of rotatable bonds is 2. The van der Waals surface area contributed by atoms with Crippen LogP contribution >= 0.6 is 0 Å². The minimum Gasteiger partial charge on any atom is -0.399 e. The summed E-state index contributed by atoms with van der Waals surface area (Å²) in [4.78, 5) is 0.319. The average Bonchev–Trinajstić information content (AvgIpc) is 2.87. The fourth-order valence-electron chi connectivity index (χ4n) is 1.07. The van der Waals surface area contributed by atoms with Crippen molar-refractivity contribution in [2.75, 3.05) is 18.8 Å². The summed E-state index contributed by atoms with van der Waals surface area (Å²) >= 11 is 0. The third kappa shape index (κ3) is 1.52. The van der Waals surface area contributed by atoms with E-state index in [4.69, 9.17) is 5.73 Å². The predicted octanol–water partition coefficient (Wildman–Crippen LogP) is 0.273. The van der Waals surface area contributed by atoms with Crippen LogP contribution in [0.5, 0.6) is 0 Å². The molecule has 0 bridgehead atoms. The smallest absolute Gasteiger partial charge is 0.243 e. The van der Waals surface area contributed by atoms with E-state index < -0.39 is 10.0 Å². The largest absolute Gasteiger partial charge is 0.399 e. The van der Waals surface area contributed by atoms with Crippen molar-refractivity contribution in [1.82, 2.24) is 4.31 Å². The zero-order valence-electron chi connectivity index (χ0n) is 6.97. The van der Waals surface area contributed by atoms with Crippen molar-refractivity contribution >= 4 is 15.7 Å². The molecule has 1 aromatic rings. The van der Waals surface area contributed by atoms with Crippen LogP contribution in [-0.4, -0.2) is 25.8 Å². The van der Waals surface area contributed by atoms with E-state index in [2.05, 4.69) is 0 Å². The minimum absolute atomic E-state index is 0.319. The molecule has 1 aliphatic heterocycles. The molecule has 0 aliphatic carbocycles. The Morgan fingerprint density at radius 3 is 2.15 bits per heavy atom. The third-order valence-electron chi connectivity index (χ3n) is 1.92. The molecule has 0 aromatic heterocycles. The Labute approximate surface area is 77.0 Å². The average molecular weight is 198 g/mol. The monoisotopic (exact) mass is 198 g/mol. The summed E-state index contributed by atoms with van der Waals surface area (Å²) in [6, 6.07) is 6.25. The van der Waals surface area contributed by atoms with E-state index in [1.54, 1.807) is 12.1 Å². The van der Waals surface area contributed by atoms with Crippen LogP contribution in [-0.2, 0) is 10.0 Å². The molecule has 2 N–H and O–H groups in total. The number of benzene rings is 1. The van der Waals surface area contributed by atoms with Gasteiger partial charge in [-0.3, -0.25) is 0 Å². The summed E-state index contributed by atoms with van der Waals surface area (Å²) in [5.74, 6) is 0. The van der Waals surface area contributed by atoms with Crippen molar-refractivity contribution in [2.45, 2.75) is 4.90 Å². The van der Waals surface area contributed by atoms with Gasteiger partial charge < -0.3 is 5.73 Å². The molecule has 70 valence electrons. The first-order chi connectivity index (χ1) is 6.10. The lowest BCUT2D eigenvalue weighted by molar-refractivity contribution is 0.563. The molecule has 0 radical (unpaired) electrons. The molecule has 0 spiro atoms. The molecule has 1 heterocycles. The highest BCUT2D eigenvalue weighted by Crippen LogP contribution is 2.21. The second-order valence-electron chi connectivity index (χ2n) is 2.97. The first kappa shape index (κ1) is 8.52. The van der Waals surface area contributed by atoms with Gasteiger partial charge in [0.25, 0.3) is 0 Å². The van der Waals surface area contributed by atoms with Gasteiger partial charge in [-0.05, 0) is 24.3 Å². The normalized spacial score (nSPS) is 17.2. The molecule has 0 amide bonds. The predicted molar refractivity (Wildman–Crippen MR) is 49.6 cm³/mol. The van der Waals surface area contributed by atoms with Gasteiger partial charge in [-0.15, -0.1) is 0 Å². The van der Waals surface area contributed by atoms with Crippen molar-refractivity contribution in [3.05, 3.63) is 24.3 Å². The number of nitrogens with two attached hydrogens (primary N) is 1.